The largest absolute Gasteiger partial charge is 0.498 e. The van der Waals surface area contributed by atoms with Crippen molar-refractivity contribution in [1.29, 1.82) is 0 Å². The zero-order valence-electron chi connectivity index (χ0n) is 10.2. The molecule has 0 radical (unpaired) electrons. The number of allylic oxidation sites excluding steroid dienone is 1. The lowest BCUT2D eigenvalue weighted by molar-refractivity contribution is -0.118. The number of ether oxygens (including phenoxy) is 1. The van der Waals surface area contributed by atoms with E-state index in [0.717, 1.165) is 12.8 Å². The van der Waals surface area contributed by atoms with Gasteiger partial charge in [-0.2, -0.15) is 0 Å². The smallest absolute Gasteiger partial charge is 0.250 e. The molecule has 0 aromatic heterocycles. The summed E-state index contributed by atoms with van der Waals surface area (Å²) < 4.78 is 5.32. The third-order valence-corrected chi connectivity index (χ3v) is 2.83. The van der Waals surface area contributed by atoms with Crippen LogP contribution in [0.1, 0.15) is 33.6 Å². The minimum absolute atomic E-state index is 0.114. The molecule has 0 aliphatic carbocycles. The standard InChI is InChI=1S/C12H21NO3/c1-8(2)11(14)7-13-12(15)10-5-4-6-16-9(10)3/h8,11,14H,4-7H2,1-3H3,(H,13,15). The van der Waals surface area contributed by atoms with Crippen LogP contribution in [0.4, 0.5) is 0 Å². The SMILES string of the molecule is CC1=C(C(=O)NCC(O)C(C)C)CCCO1. The molecule has 92 valence electrons. The van der Waals surface area contributed by atoms with Crippen LogP contribution in [0.3, 0.4) is 0 Å². The molecule has 1 unspecified atom stereocenters. The van der Waals surface area contributed by atoms with Crippen molar-refractivity contribution in [2.24, 2.45) is 5.92 Å². The number of carbonyl (C=O) groups is 1. The van der Waals surface area contributed by atoms with Crippen molar-refractivity contribution >= 4 is 5.91 Å². The number of nitrogens with one attached hydrogen (secondary N) is 1. The van der Waals surface area contributed by atoms with Gasteiger partial charge in [0.05, 0.1) is 18.3 Å². The summed E-state index contributed by atoms with van der Waals surface area (Å²) >= 11 is 0. The molecule has 16 heavy (non-hydrogen) atoms. The van der Waals surface area contributed by atoms with Crippen LogP contribution in [0.25, 0.3) is 0 Å². The maximum absolute atomic E-state index is 11.8. The van der Waals surface area contributed by atoms with Gasteiger partial charge in [-0.25, -0.2) is 0 Å². The van der Waals surface area contributed by atoms with Crippen LogP contribution in [0.15, 0.2) is 11.3 Å². The molecule has 4 nitrogen and oxygen atoms in total. The Morgan fingerprint density at radius 1 is 1.56 bits per heavy atom. The summed E-state index contributed by atoms with van der Waals surface area (Å²) in [7, 11) is 0. The Kier molecular flexibility index (Phi) is 4.80. The first kappa shape index (κ1) is 13.0. The van der Waals surface area contributed by atoms with Crippen LogP contribution in [0.2, 0.25) is 0 Å². The number of hydrogen-bond donors (Lipinski definition) is 2. The minimum Gasteiger partial charge on any atom is -0.498 e. The molecule has 1 rings (SSSR count). The molecule has 1 atom stereocenters. The molecule has 0 aromatic rings. The van der Waals surface area contributed by atoms with E-state index in [1.54, 1.807) is 0 Å². The van der Waals surface area contributed by atoms with Gasteiger partial charge in [0, 0.05) is 6.54 Å². The van der Waals surface area contributed by atoms with Gasteiger partial charge in [0.25, 0.3) is 5.91 Å². The lowest BCUT2D eigenvalue weighted by Gasteiger charge is -2.20. The van der Waals surface area contributed by atoms with Crippen molar-refractivity contribution in [3.8, 4) is 0 Å². The predicted octanol–water partition coefficient (Wildman–Crippen LogP) is 1.20. The minimum atomic E-state index is -0.491. The van der Waals surface area contributed by atoms with Crippen LogP contribution in [-0.2, 0) is 9.53 Å². The van der Waals surface area contributed by atoms with E-state index >= 15 is 0 Å². The van der Waals surface area contributed by atoms with E-state index in [1.807, 2.05) is 20.8 Å². The number of hydrogen-bond acceptors (Lipinski definition) is 3. The molecule has 1 amide bonds. The molecule has 2 N–H and O–H groups in total. The number of aliphatic hydroxyl groups is 1. The van der Waals surface area contributed by atoms with Gasteiger partial charge in [-0.1, -0.05) is 13.8 Å². The molecule has 1 aliphatic rings. The molecule has 1 aliphatic heterocycles. The molecule has 4 heteroatoms. The highest BCUT2D eigenvalue weighted by Crippen LogP contribution is 2.18. The average molecular weight is 227 g/mol. The fraction of sp³-hybridized carbons (Fsp3) is 0.750. The van der Waals surface area contributed by atoms with Crippen LogP contribution < -0.4 is 5.32 Å². The Morgan fingerprint density at radius 2 is 2.25 bits per heavy atom. The molecule has 0 aromatic carbocycles. The van der Waals surface area contributed by atoms with E-state index < -0.39 is 6.10 Å². The Hall–Kier alpha value is -1.03. The molecule has 0 spiro atoms. The normalized spacial score (nSPS) is 18.3. The third kappa shape index (κ3) is 3.52. The summed E-state index contributed by atoms with van der Waals surface area (Å²) in [6.45, 7) is 6.65. The zero-order chi connectivity index (χ0) is 12.1. The lowest BCUT2D eigenvalue weighted by atomic mass is 10.1. The summed E-state index contributed by atoms with van der Waals surface area (Å²) in [4.78, 5) is 11.8. The Morgan fingerprint density at radius 3 is 2.81 bits per heavy atom. The predicted molar refractivity (Wildman–Crippen MR) is 61.7 cm³/mol. The third-order valence-electron chi connectivity index (χ3n) is 2.83. The van der Waals surface area contributed by atoms with E-state index in [2.05, 4.69) is 5.32 Å². The fourth-order valence-electron chi connectivity index (χ4n) is 1.55. The lowest BCUT2D eigenvalue weighted by Crippen LogP contribution is -2.36. The van der Waals surface area contributed by atoms with Crippen LogP contribution in [-0.4, -0.2) is 30.3 Å². The Labute approximate surface area is 96.7 Å². The van der Waals surface area contributed by atoms with Crippen LogP contribution in [0, 0.1) is 5.92 Å². The van der Waals surface area contributed by atoms with E-state index in [0.29, 0.717) is 24.5 Å². The summed E-state index contributed by atoms with van der Waals surface area (Å²) in [6.07, 6.45) is 1.15. The van der Waals surface area contributed by atoms with Gasteiger partial charge >= 0.3 is 0 Å². The van der Waals surface area contributed by atoms with Crippen molar-refractivity contribution in [3.05, 3.63) is 11.3 Å². The number of amides is 1. The molecular weight excluding hydrogens is 206 g/mol. The summed E-state index contributed by atoms with van der Waals surface area (Å²) in [5.41, 5.74) is 0.710. The first-order valence-electron chi connectivity index (χ1n) is 5.81. The number of rotatable bonds is 4. The van der Waals surface area contributed by atoms with E-state index in [-0.39, 0.29) is 11.8 Å². The van der Waals surface area contributed by atoms with Gasteiger partial charge in [-0.05, 0) is 25.7 Å². The van der Waals surface area contributed by atoms with Crippen LogP contribution in [0.5, 0.6) is 0 Å². The second-order valence-corrected chi connectivity index (χ2v) is 4.51. The van der Waals surface area contributed by atoms with E-state index in [1.165, 1.54) is 0 Å². The van der Waals surface area contributed by atoms with Crippen molar-refractivity contribution in [2.75, 3.05) is 13.2 Å². The van der Waals surface area contributed by atoms with Gasteiger partial charge in [-0.15, -0.1) is 0 Å². The molecule has 0 saturated carbocycles. The van der Waals surface area contributed by atoms with E-state index in [9.17, 15) is 9.90 Å². The van der Waals surface area contributed by atoms with Crippen molar-refractivity contribution < 1.29 is 14.6 Å². The quantitative estimate of drug-likeness (QED) is 0.759. The maximum Gasteiger partial charge on any atom is 0.250 e. The first-order valence-corrected chi connectivity index (χ1v) is 5.81. The van der Waals surface area contributed by atoms with Crippen molar-refractivity contribution in [2.45, 2.75) is 39.7 Å². The molecule has 0 saturated heterocycles. The van der Waals surface area contributed by atoms with Gasteiger partial charge in [0.1, 0.15) is 5.76 Å². The molecule has 0 bridgehead atoms. The highest BCUT2D eigenvalue weighted by atomic mass is 16.5. The summed E-state index contributed by atoms with van der Waals surface area (Å²) in [5, 5.41) is 12.3. The summed E-state index contributed by atoms with van der Waals surface area (Å²) in [6, 6.07) is 0. The Balaban J connectivity index is 2.46. The van der Waals surface area contributed by atoms with Gasteiger partial charge in [-0.3, -0.25) is 4.79 Å². The van der Waals surface area contributed by atoms with Crippen molar-refractivity contribution in [3.63, 3.8) is 0 Å². The second kappa shape index (κ2) is 5.89. The fourth-order valence-corrected chi connectivity index (χ4v) is 1.55. The second-order valence-electron chi connectivity index (χ2n) is 4.51. The van der Waals surface area contributed by atoms with Gasteiger partial charge in [0.15, 0.2) is 0 Å². The monoisotopic (exact) mass is 227 g/mol. The van der Waals surface area contributed by atoms with Gasteiger partial charge in [0.2, 0.25) is 0 Å². The topological polar surface area (TPSA) is 58.6 Å². The van der Waals surface area contributed by atoms with Crippen LogP contribution >= 0.6 is 0 Å². The summed E-state index contributed by atoms with van der Waals surface area (Å²) in [5.74, 6) is 0.748. The number of carbonyl (C=O) groups excluding carboxylic acids is 1. The highest BCUT2D eigenvalue weighted by molar-refractivity contribution is 5.93. The molecular formula is C12H21NO3. The average Bonchev–Trinajstić information content (AvgIpc) is 2.25. The molecule has 1 heterocycles. The van der Waals surface area contributed by atoms with Gasteiger partial charge < -0.3 is 15.2 Å². The molecule has 0 fully saturated rings. The van der Waals surface area contributed by atoms with Crippen molar-refractivity contribution in [1.82, 2.24) is 5.32 Å². The Bertz CT molecular complexity index is 284. The first-order chi connectivity index (χ1) is 7.52. The van der Waals surface area contributed by atoms with E-state index in [4.69, 9.17) is 4.74 Å². The highest BCUT2D eigenvalue weighted by Gasteiger charge is 2.18. The zero-order valence-corrected chi connectivity index (χ0v) is 10.2. The number of aliphatic hydroxyl groups excluding tert-OH is 1. The maximum atomic E-state index is 11.8.